The highest BCUT2D eigenvalue weighted by Crippen LogP contribution is 2.38. The Bertz CT molecular complexity index is 1020. The molecule has 1 amide bonds. The van der Waals surface area contributed by atoms with Crippen molar-refractivity contribution in [2.45, 2.75) is 0 Å². The quantitative estimate of drug-likeness (QED) is 0.516. The Labute approximate surface area is 154 Å². The third kappa shape index (κ3) is 2.92. The molecule has 0 saturated carbocycles. The minimum absolute atomic E-state index is 0.126. The number of benzene rings is 3. The van der Waals surface area contributed by atoms with Crippen LogP contribution in [0.4, 0.5) is 5.69 Å². The first-order valence-electron chi connectivity index (χ1n) is 7.68. The summed E-state index contributed by atoms with van der Waals surface area (Å²) < 4.78 is 0.520. The van der Waals surface area contributed by atoms with E-state index in [4.69, 9.17) is 12.2 Å². The maximum absolute atomic E-state index is 12.9. The van der Waals surface area contributed by atoms with E-state index in [0.29, 0.717) is 9.23 Å². The van der Waals surface area contributed by atoms with Crippen LogP contribution in [0.5, 0.6) is 5.75 Å². The number of carbonyl (C=O) groups excluding carboxylic acids is 1. The van der Waals surface area contributed by atoms with Crippen LogP contribution in [-0.2, 0) is 4.79 Å². The molecule has 1 N–H and O–H groups in total. The molecule has 3 aromatic carbocycles. The Balaban J connectivity index is 1.75. The lowest BCUT2D eigenvalue weighted by molar-refractivity contribution is -0.113. The third-order valence-corrected chi connectivity index (χ3v) is 5.29. The van der Waals surface area contributed by atoms with Gasteiger partial charge in [0.05, 0.1) is 10.6 Å². The number of hydrogen-bond donors (Lipinski definition) is 1. The van der Waals surface area contributed by atoms with Gasteiger partial charge in [-0.25, -0.2) is 0 Å². The number of aromatic hydroxyl groups is 1. The van der Waals surface area contributed by atoms with Crippen molar-refractivity contribution >= 4 is 56.7 Å². The number of thiocarbonyl (C=S) groups is 1. The number of rotatable bonds is 2. The number of amides is 1. The minimum Gasteiger partial charge on any atom is -0.508 e. The summed E-state index contributed by atoms with van der Waals surface area (Å²) in [5.74, 6) is 0.0693. The van der Waals surface area contributed by atoms with Gasteiger partial charge >= 0.3 is 0 Å². The molecule has 1 heterocycles. The lowest BCUT2D eigenvalue weighted by atomic mass is 10.1. The number of carbonyl (C=O) groups is 1. The summed E-state index contributed by atoms with van der Waals surface area (Å²) in [5, 5.41) is 11.4. The molecule has 1 saturated heterocycles. The van der Waals surface area contributed by atoms with Crippen LogP contribution in [0, 0.1) is 0 Å². The molecule has 3 aromatic rings. The average Bonchev–Trinajstić information content (AvgIpc) is 2.90. The predicted molar refractivity (Wildman–Crippen MR) is 108 cm³/mol. The van der Waals surface area contributed by atoms with Crippen LogP contribution in [0.2, 0.25) is 0 Å². The molecule has 0 bridgehead atoms. The number of phenolic OH excluding ortho intramolecular Hbond substituents is 1. The van der Waals surface area contributed by atoms with Crippen molar-refractivity contribution in [1.82, 2.24) is 0 Å². The maximum atomic E-state index is 12.9. The highest BCUT2D eigenvalue weighted by atomic mass is 32.2. The molecule has 1 fully saturated rings. The molecule has 0 atom stereocenters. The molecule has 0 spiro atoms. The van der Waals surface area contributed by atoms with Crippen molar-refractivity contribution in [3.8, 4) is 5.75 Å². The number of fused-ring (bicyclic) bond motifs is 1. The largest absolute Gasteiger partial charge is 0.508 e. The topological polar surface area (TPSA) is 40.5 Å². The summed E-state index contributed by atoms with van der Waals surface area (Å²) in [6.07, 6.45) is 1.80. The fraction of sp³-hybridized carbons (Fsp3) is 0. The van der Waals surface area contributed by atoms with Gasteiger partial charge in [-0.05, 0) is 35.2 Å². The fourth-order valence-electron chi connectivity index (χ4n) is 2.80. The number of phenols is 1. The van der Waals surface area contributed by atoms with E-state index in [0.717, 1.165) is 22.0 Å². The summed E-state index contributed by atoms with van der Waals surface area (Å²) >= 11 is 6.75. The van der Waals surface area contributed by atoms with Crippen LogP contribution < -0.4 is 4.90 Å². The Morgan fingerprint density at radius 3 is 2.48 bits per heavy atom. The molecule has 122 valence electrons. The molecular weight excluding hydrogens is 350 g/mol. The molecule has 25 heavy (non-hydrogen) atoms. The normalized spacial score (nSPS) is 16.2. The number of nitrogens with zero attached hydrogens (tertiary/aromatic N) is 1. The van der Waals surface area contributed by atoms with Crippen LogP contribution in [0.3, 0.4) is 0 Å². The van der Waals surface area contributed by atoms with Crippen molar-refractivity contribution < 1.29 is 9.90 Å². The van der Waals surface area contributed by atoms with Gasteiger partial charge in [0, 0.05) is 5.39 Å². The molecule has 4 rings (SSSR count). The second-order valence-corrected chi connectivity index (χ2v) is 7.28. The zero-order chi connectivity index (χ0) is 17.4. The van der Waals surface area contributed by atoms with Gasteiger partial charge in [-0.1, -0.05) is 72.5 Å². The van der Waals surface area contributed by atoms with Gasteiger partial charge in [-0.15, -0.1) is 0 Å². The molecular formula is C20H13NO2S2. The number of hydrogen-bond acceptors (Lipinski definition) is 4. The van der Waals surface area contributed by atoms with Crippen molar-refractivity contribution in [1.29, 1.82) is 0 Å². The molecule has 3 nitrogen and oxygen atoms in total. The van der Waals surface area contributed by atoms with Gasteiger partial charge in [0.2, 0.25) is 0 Å². The lowest BCUT2D eigenvalue weighted by Crippen LogP contribution is -2.27. The van der Waals surface area contributed by atoms with Gasteiger partial charge in [0.1, 0.15) is 5.75 Å². The van der Waals surface area contributed by atoms with Crippen molar-refractivity contribution in [3.05, 3.63) is 77.2 Å². The summed E-state index contributed by atoms with van der Waals surface area (Å²) in [4.78, 5) is 15.1. The standard InChI is InChI=1S/C20H13NO2S2/c22-15-10-8-13(9-11-15)12-18-19(23)21(20(24)25-18)17-7-3-5-14-4-1-2-6-16(14)17/h1-12,22H/b18-12+. The zero-order valence-electron chi connectivity index (χ0n) is 13.0. The van der Waals surface area contributed by atoms with E-state index in [9.17, 15) is 9.90 Å². The van der Waals surface area contributed by atoms with E-state index in [2.05, 4.69) is 0 Å². The predicted octanol–water partition coefficient (Wildman–Crippen LogP) is 4.95. The van der Waals surface area contributed by atoms with E-state index in [-0.39, 0.29) is 11.7 Å². The summed E-state index contributed by atoms with van der Waals surface area (Å²) in [6.45, 7) is 0. The van der Waals surface area contributed by atoms with Crippen LogP contribution in [-0.4, -0.2) is 15.3 Å². The maximum Gasteiger partial charge on any atom is 0.270 e. The first kappa shape index (κ1) is 15.9. The molecule has 0 aliphatic carbocycles. The zero-order valence-corrected chi connectivity index (χ0v) is 14.7. The number of anilines is 1. The average molecular weight is 363 g/mol. The first-order chi connectivity index (χ1) is 12.1. The SMILES string of the molecule is O=C1/C(=C\c2ccc(O)cc2)SC(=S)N1c1cccc2ccccc12. The monoisotopic (exact) mass is 363 g/mol. The van der Waals surface area contributed by atoms with Crippen LogP contribution in [0.15, 0.2) is 71.6 Å². The second kappa shape index (κ2) is 6.35. The number of thioether (sulfide) groups is 1. The van der Waals surface area contributed by atoms with Crippen LogP contribution >= 0.6 is 24.0 Å². The van der Waals surface area contributed by atoms with Crippen molar-refractivity contribution in [3.63, 3.8) is 0 Å². The lowest BCUT2D eigenvalue weighted by Gasteiger charge is -2.17. The highest BCUT2D eigenvalue weighted by molar-refractivity contribution is 8.27. The summed E-state index contributed by atoms with van der Waals surface area (Å²) in [6, 6.07) is 20.5. The van der Waals surface area contributed by atoms with Crippen LogP contribution in [0.1, 0.15) is 5.56 Å². The smallest absolute Gasteiger partial charge is 0.270 e. The van der Waals surface area contributed by atoms with E-state index in [1.807, 2.05) is 42.5 Å². The van der Waals surface area contributed by atoms with Crippen molar-refractivity contribution in [2.24, 2.45) is 0 Å². The minimum atomic E-state index is -0.126. The van der Waals surface area contributed by atoms with Gasteiger partial charge in [-0.3, -0.25) is 9.69 Å². The third-order valence-electron chi connectivity index (χ3n) is 3.99. The fourth-order valence-corrected chi connectivity index (χ4v) is 4.09. The van der Waals surface area contributed by atoms with Crippen molar-refractivity contribution in [2.75, 3.05) is 4.90 Å². The van der Waals surface area contributed by atoms with Gasteiger partial charge in [-0.2, -0.15) is 0 Å². The van der Waals surface area contributed by atoms with E-state index in [1.165, 1.54) is 11.8 Å². The van der Waals surface area contributed by atoms with Gasteiger partial charge < -0.3 is 5.11 Å². The molecule has 0 aromatic heterocycles. The Kier molecular flexibility index (Phi) is 4.03. The van der Waals surface area contributed by atoms with E-state index in [1.54, 1.807) is 35.2 Å². The Morgan fingerprint density at radius 1 is 0.960 bits per heavy atom. The Morgan fingerprint density at radius 2 is 1.68 bits per heavy atom. The molecule has 1 aliphatic heterocycles. The molecule has 5 heteroatoms. The van der Waals surface area contributed by atoms with E-state index < -0.39 is 0 Å². The van der Waals surface area contributed by atoms with Gasteiger partial charge in [0.15, 0.2) is 4.32 Å². The molecule has 1 aliphatic rings. The second-order valence-electron chi connectivity index (χ2n) is 5.61. The van der Waals surface area contributed by atoms with Gasteiger partial charge in [0.25, 0.3) is 5.91 Å². The van der Waals surface area contributed by atoms with Crippen LogP contribution in [0.25, 0.3) is 16.8 Å². The van der Waals surface area contributed by atoms with E-state index >= 15 is 0 Å². The highest BCUT2D eigenvalue weighted by Gasteiger charge is 2.34. The molecule has 0 unspecified atom stereocenters. The summed E-state index contributed by atoms with van der Waals surface area (Å²) in [5.41, 5.74) is 1.64. The molecule has 0 radical (unpaired) electrons. The summed E-state index contributed by atoms with van der Waals surface area (Å²) in [7, 11) is 0. The Hall–Kier alpha value is -2.63. The first-order valence-corrected chi connectivity index (χ1v) is 8.91.